The first-order valence-corrected chi connectivity index (χ1v) is 7.47. The summed E-state index contributed by atoms with van der Waals surface area (Å²) in [6.07, 6.45) is 4.66. The van der Waals surface area contributed by atoms with Crippen LogP contribution in [-0.4, -0.2) is 18.1 Å². The molecule has 0 heterocycles. The van der Waals surface area contributed by atoms with Gasteiger partial charge >= 0.3 is 0 Å². The van der Waals surface area contributed by atoms with Gasteiger partial charge in [0.2, 0.25) is 0 Å². The fraction of sp³-hybridized carbons (Fsp3) is 0.571. The predicted molar refractivity (Wildman–Crippen MR) is 75.1 cm³/mol. The minimum atomic E-state index is 0.484. The molecule has 0 spiro atoms. The van der Waals surface area contributed by atoms with Gasteiger partial charge in [-0.15, -0.1) is 0 Å². The van der Waals surface area contributed by atoms with Gasteiger partial charge in [0.15, 0.2) is 0 Å². The fourth-order valence-electron chi connectivity index (χ4n) is 1.95. The van der Waals surface area contributed by atoms with E-state index >= 15 is 0 Å². The number of thioether (sulfide) groups is 1. The van der Waals surface area contributed by atoms with E-state index in [1.54, 1.807) is 0 Å². The maximum absolute atomic E-state index is 3.71. The van der Waals surface area contributed by atoms with Gasteiger partial charge in [-0.1, -0.05) is 43.7 Å². The van der Waals surface area contributed by atoms with E-state index in [0.717, 1.165) is 5.75 Å². The Hall–Kier alpha value is -0.470. The second kappa shape index (κ2) is 7.75. The first-order chi connectivity index (χ1) is 7.77. The molecule has 0 aromatic heterocycles. The molecule has 2 unspecified atom stereocenters. The maximum atomic E-state index is 3.71. The summed E-state index contributed by atoms with van der Waals surface area (Å²) in [7, 11) is 0. The zero-order valence-corrected chi connectivity index (χ0v) is 11.4. The van der Waals surface area contributed by atoms with Crippen molar-refractivity contribution in [3.8, 4) is 0 Å². The van der Waals surface area contributed by atoms with Crippen molar-refractivity contribution in [2.75, 3.05) is 12.0 Å². The van der Waals surface area contributed by atoms with Crippen molar-refractivity contribution in [1.29, 1.82) is 0 Å². The van der Waals surface area contributed by atoms with Crippen LogP contribution in [0.4, 0.5) is 0 Å². The Bertz CT molecular complexity index is 273. The molecule has 0 fully saturated rings. The van der Waals surface area contributed by atoms with Gasteiger partial charge in [-0.05, 0) is 25.2 Å². The van der Waals surface area contributed by atoms with Gasteiger partial charge < -0.3 is 5.32 Å². The van der Waals surface area contributed by atoms with E-state index in [1.165, 1.54) is 18.4 Å². The van der Waals surface area contributed by atoms with Crippen molar-refractivity contribution < 1.29 is 0 Å². The molecule has 0 amide bonds. The van der Waals surface area contributed by atoms with Crippen molar-refractivity contribution in [3.63, 3.8) is 0 Å². The Morgan fingerprint density at radius 2 is 1.94 bits per heavy atom. The molecule has 16 heavy (non-hydrogen) atoms. The number of rotatable bonds is 7. The third-order valence-electron chi connectivity index (χ3n) is 2.74. The summed E-state index contributed by atoms with van der Waals surface area (Å²) < 4.78 is 0. The molecule has 1 aromatic rings. The molecule has 0 bridgehead atoms. The van der Waals surface area contributed by atoms with E-state index in [2.05, 4.69) is 55.8 Å². The van der Waals surface area contributed by atoms with Crippen LogP contribution < -0.4 is 5.32 Å². The van der Waals surface area contributed by atoms with Crippen LogP contribution in [0.1, 0.15) is 38.3 Å². The summed E-state index contributed by atoms with van der Waals surface area (Å²) in [5, 5.41) is 3.71. The third-order valence-corrected chi connectivity index (χ3v) is 3.41. The molecule has 1 rings (SSSR count). The van der Waals surface area contributed by atoms with Crippen LogP contribution in [-0.2, 0) is 0 Å². The topological polar surface area (TPSA) is 12.0 Å². The Balaban J connectivity index is 2.60. The summed E-state index contributed by atoms with van der Waals surface area (Å²) in [5.74, 6) is 1.14. The Morgan fingerprint density at radius 1 is 1.25 bits per heavy atom. The van der Waals surface area contributed by atoms with Gasteiger partial charge in [0.05, 0.1) is 0 Å². The van der Waals surface area contributed by atoms with Crippen LogP contribution in [0.25, 0.3) is 0 Å². The summed E-state index contributed by atoms with van der Waals surface area (Å²) in [5.41, 5.74) is 1.40. The number of hydrogen-bond acceptors (Lipinski definition) is 2. The highest BCUT2D eigenvalue weighted by Crippen LogP contribution is 2.18. The second-order valence-corrected chi connectivity index (χ2v) is 5.19. The Morgan fingerprint density at radius 3 is 2.50 bits per heavy atom. The number of hydrogen-bond donors (Lipinski definition) is 1. The highest BCUT2D eigenvalue weighted by atomic mass is 32.2. The van der Waals surface area contributed by atoms with Crippen LogP contribution in [0.3, 0.4) is 0 Å². The maximum Gasteiger partial charge on any atom is 0.0413 e. The van der Waals surface area contributed by atoms with E-state index in [0.29, 0.717) is 12.1 Å². The van der Waals surface area contributed by atoms with Crippen LogP contribution in [0.5, 0.6) is 0 Å². The van der Waals surface area contributed by atoms with E-state index in [4.69, 9.17) is 0 Å². The molecule has 0 aliphatic heterocycles. The van der Waals surface area contributed by atoms with Crippen LogP contribution in [0.15, 0.2) is 30.3 Å². The lowest BCUT2D eigenvalue weighted by Gasteiger charge is -2.23. The third kappa shape index (κ3) is 4.58. The standard InChI is InChI=1S/C14H23NS/c1-4-8-12(2)15-14(11-16-3)13-9-6-5-7-10-13/h5-7,9-10,12,14-15H,4,8,11H2,1-3H3. The van der Waals surface area contributed by atoms with Gasteiger partial charge in [0, 0.05) is 17.8 Å². The van der Waals surface area contributed by atoms with Crippen molar-refractivity contribution in [3.05, 3.63) is 35.9 Å². The fourth-order valence-corrected chi connectivity index (χ4v) is 2.57. The highest BCUT2D eigenvalue weighted by molar-refractivity contribution is 7.98. The smallest absolute Gasteiger partial charge is 0.0413 e. The SMILES string of the molecule is CCCC(C)NC(CSC)c1ccccc1. The molecule has 90 valence electrons. The normalized spacial score (nSPS) is 14.7. The Kier molecular flexibility index (Phi) is 6.58. The lowest BCUT2D eigenvalue weighted by molar-refractivity contribution is 0.457. The van der Waals surface area contributed by atoms with Gasteiger partial charge in [-0.3, -0.25) is 0 Å². The van der Waals surface area contributed by atoms with Gasteiger partial charge in [0.25, 0.3) is 0 Å². The van der Waals surface area contributed by atoms with Gasteiger partial charge in [-0.2, -0.15) is 11.8 Å². The van der Waals surface area contributed by atoms with E-state index in [1.807, 2.05) is 11.8 Å². The minimum absolute atomic E-state index is 0.484. The highest BCUT2D eigenvalue weighted by Gasteiger charge is 2.12. The number of nitrogens with one attached hydrogen (secondary N) is 1. The molecule has 0 aliphatic carbocycles. The Labute approximate surface area is 104 Å². The van der Waals surface area contributed by atoms with E-state index in [-0.39, 0.29) is 0 Å². The second-order valence-electron chi connectivity index (χ2n) is 4.28. The predicted octanol–water partition coefficient (Wildman–Crippen LogP) is 3.87. The van der Waals surface area contributed by atoms with Crippen molar-refractivity contribution in [2.24, 2.45) is 0 Å². The molecule has 0 radical (unpaired) electrons. The summed E-state index contributed by atoms with van der Waals surface area (Å²) >= 11 is 1.90. The van der Waals surface area contributed by atoms with Crippen molar-refractivity contribution in [1.82, 2.24) is 5.32 Å². The molecule has 0 saturated heterocycles. The van der Waals surface area contributed by atoms with Crippen LogP contribution in [0.2, 0.25) is 0 Å². The molecule has 1 aromatic carbocycles. The van der Waals surface area contributed by atoms with Gasteiger partial charge in [0.1, 0.15) is 0 Å². The van der Waals surface area contributed by atoms with Gasteiger partial charge in [-0.25, -0.2) is 0 Å². The zero-order valence-electron chi connectivity index (χ0n) is 10.6. The molecular weight excluding hydrogens is 214 g/mol. The molecule has 1 N–H and O–H groups in total. The molecule has 2 heteroatoms. The lowest BCUT2D eigenvalue weighted by Crippen LogP contribution is -2.31. The van der Waals surface area contributed by atoms with E-state index in [9.17, 15) is 0 Å². The first-order valence-electron chi connectivity index (χ1n) is 6.07. The van der Waals surface area contributed by atoms with E-state index < -0.39 is 0 Å². The molecule has 0 aliphatic rings. The zero-order chi connectivity index (χ0) is 11.8. The largest absolute Gasteiger partial charge is 0.307 e. The van der Waals surface area contributed by atoms with Crippen LogP contribution in [0, 0.1) is 0 Å². The molecule has 2 atom stereocenters. The quantitative estimate of drug-likeness (QED) is 0.772. The van der Waals surface area contributed by atoms with Crippen LogP contribution >= 0.6 is 11.8 Å². The number of benzene rings is 1. The minimum Gasteiger partial charge on any atom is -0.307 e. The average Bonchev–Trinajstić information content (AvgIpc) is 2.30. The first kappa shape index (κ1) is 13.6. The summed E-state index contributed by atoms with van der Waals surface area (Å²) in [4.78, 5) is 0. The molecule has 0 saturated carbocycles. The summed E-state index contributed by atoms with van der Waals surface area (Å²) in [6, 6.07) is 11.8. The average molecular weight is 237 g/mol. The molecule has 1 nitrogen and oxygen atoms in total. The van der Waals surface area contributed by atoms with Crippen molar-refractivity contribution >= 4 is 11.8 Å². The lowest BCUT2D eigenvalue weighted by atomic mass is 10.1. The monoisotopic (exact) mass is 237 g/mol. The summed E-state index contributed by atoms with van der Waals surface area (Å²) in [6.45, 7) is 4.52. The van der Waals surface area contributed by atoms with Crippen molar-refractivity contribution in [2.45, 2.75) is 38.8 Å². The molecular formula is C14H23NS.